The van der Waals surface area contributed by atoms with Gasteiger partial charge in [-0.25, -0.2) is 8.91 Å². The zero-order valence-electron chi connectivity index (χ0n) is 16.6. The van der Waals surface area contributed by atoms with Crippen LogP contribution in [0, 0.1) is 12.7 Å². The van der Waals surface area contributed by atoms with Crippen molar-refractivity contribution in [3.63, 3.8) is 0 Å². The summed E-state index contributed by atoms with van der Waals surface area (Å²) in [6.45, 7) is 4.80. The van der Waals surface area contributed by atoms with Gasteiger partial charge in [0.2, 0.25) is 5.95 Å². The molecule has 29 heavy (non-hydrogen) atoms. The molecule has 0 saturated heterocycles. The minimum atomic E-state index is -0.201. The molecule has 0 aliphatic heterocycles. The number of aromatic nitrogens is 5. The van der Waals surface area contributed by atoms with Crippen molar-refractivity contribution in [2.75, 3.05) is 5.32 Å². The Morgan fingerprint density at radius 3 is 3.00 bits per heavy atom. The molecule has 148 valence electrons. The standard InChI is InChI=1S/C22H23FN6/c1-3-28-20-9-7-17(12-16(20)13-24-28)25-22-26-21-18(5-4-10-29(21)27-22)15-6-8-19(23)14(2)11-15/h4-6,8,10-11,13,17H,3,7,9,12H2,1-2H3,(H,25,27)/t17-/m1/s1. The van der Waals surface area contributed by atoms with Crippen LogP contribution >= 0.6 is 0 Å². The van der Waals surface area contributed by atoms with Gasteiger partial charge in [-0.05, 0) is 74.1 Å². The fraction of sp³-hybridized carbons (Fsp3) is 0.318. The topological polar surface area (TPSA) is 60.0 Å². The molecule has 4 aromatic rings. The first-order chi connectivity index (χ1) is 14.1. The van der Waals surface area contributed by atoms with Crippen LogP contribution in [0.5, 0.6) is 0 Å². The molecule has 0 bridgehead atoms. The van der Waals surface area contributed by atoms with E-state index < -0.39 is 0 Å². The van der Waals surface area contributed by atoms with Crippen LogP contribution in [0.2, 0.25) is 0 Å². The highest BCUT2D eigenvalue weighted by atomic mass is 19.1. The van der Waals surface area contributed by atoms with Gasteiger partial charge in [0.05, 0.1) is 6.20 Å². The quantitative estimate of drug-likeness (QED) is 0.572. The second kappa shape index (κ2) is 6.99. The molecule has 0 saturated carbocycles. The summed E-state index contributed by atoms with van der Waals surface area (Å²) in [7, 11) is 0. The van der Waals surface area contributed by atoms with Crippen molar-refractivity contribution in [2.45, 2.75) is 45.7 Å². The molecule has 1 N–H and O–H groups in total. The van der Waals surface area contributed by atoms with Gasteiger partial charge in [-0.3, -0.25) is 4.68 Å². The van der Waals surface area contributed by atoms with E-state index in [0.29, 0.717) is 11.5 Å². The Hall–Kier alpha value is -3.22. The van der Waals surface area contributed by atoms with Gasteiger partial charge in [-0.1, -0.05) is 6.07 Å². The first-order valence-corrected chi connectivity index (χ1v) is 10.0. The molecular weight excluding hydrogens is 367 g/mol. The fourth-order valence-corrected chi connectivity index (χ4v) is 4.17. The Morgan fingerprint density at radius 1 is 1.28 bits per heavy atom. The normalized spacial score (nSPS) is 16.2. The number of anilines is 1. The van der Waals surface area contributed by atoms with Gasteiger partial charge in [-0.2, -0.15) is 10.1 Å². The SMILES string of the molecule is CCn1ncc2c1CC[C@@H](Nc1nc3c(-c4ccc(F)c(C)c4)cccn3n1)C2. The van der Waals surface area contributed by atoms with E-state index in [1.165, 1.54) is 17.3 Å². The summed E-state index contributed by atoms with van der Waals surface area (Å²) >= 11 is 0. The minimum absolute atomic E-state index is 0.201. The van der Waals surface area contributed by atoms with Crippen LogP contribution in [0.3, 0.4) is 0 Å². The number of hydrogen-bond acceptors (Lipinski definition) is 4. The number of aryl methyl sites for hydroxylation is 2. The van der Waals surface area contributed by atoms with Crippen LogP contribution in [0.1, 0.15) is 30.2 Å². The van der Waals surface area contributed by atoms with Gasteiger partial charge in [0, 0.05) is 30.0 Å². The molecule has 0 unspecified atom stereocenters. The lowest BCUT2D eigenvalue weighted by Crippen LogP contribution is -2.28. The summed E-state index contributed by atoms with van der Waals surface area (Å²) in [4.78, 5) is 4.74. The van der Waals surface area contributed by atoms with E-state index in [2.05, 4.69) is 27.1 Å². The first-order valence-electron chi connectivity index (χ1n) is 10.0. The predicted molar refractivity (Wildman–Crippen MR) is 110 cm³/mol. The Morgan fingerprint density at radius 2 is 2.17 bits per heavy atom. The first kappa shape index (κ1) is 17.8. The zero-order valence-corrected chi connectivity index (χ0v) is 16.6. The van der Waals surface area contributed by atoms with Crippen LogP contribution in [0.15, 0.2) is 42.7 Å². The zero-order chi connectivity index (χ0) is 20.0. The Labute approximate surface area is 168 Å². The van der Waals surface area contributed by atoms with E-state index in [0.717, 1.165) is 42.6 Å². The number of nitrogens with zero attached hydrogens (tertiary/aromatic N) is 5. The predicted octanol–water partition coefficient (Wildman–Crippen LogP) is 4.03. The summed E-state index contributed by atoms with van der Waals surface area (Å²) in [5, 5.41) is 12.6. The lowest BCUT2D eigenvalue weighted by molar-refractivity contribution is 0.552. The number of benzene rings is 1. The van der Waals surface area contributed by atoms with Crippen LogP contribution in [-0.2, 0) is 19.4 Å². The molecule has 5 rings (SSSR count). The molecular formula is C22H23FN6. The lowest BCUT2D eigenvalue weighted by atomic mass is 9.93. The molecule has 6 nitrogen and oxygen atoms in total. The number of pyridine rings is 1. The van der Waals surface area contributed by atoms with Gasteiger partial charge in [0.25, 0.3) is 0 Å². The summed E-state index contributed by atoms with van der Waals surface area (Å²) in [5.41, 5.74) is 5.91. The second-order valence-electron chi connectivity index (χ2n) is 7.61. The summed E-state index contributed by atoms with van der Waals surface area (Å²) in [5.74, 6) is 0.417. The second-order valence-corrected chi connectivity index (χ2v) is 7.61. The Bertz CT molecular complexity index is 1190. The summed E-state index contributed by atoms with van der Waals surface area (Å²) < 4.78 is 17.5. The molecule has 1 atom stereocenters. The molecule has 1 aromatic carbocycles. The van der Waals surface area contributed by atoms with Crippen molar-refractivity contribution in [3.05, 3.63) is 65.4 Å². The number of nitrogens with one attached hydrogen (secondary N) is 1. The van der Waals surface area contributed by atoms with E-state index in [-0.39, 0.29) is 11.9 Å². The van der Waals surface area contributed by atoms with Crippen molar-refractivity contribution in [1.82, 2.24) is 24.4 Å². The molecule has 0 radical (unpaired) electrons. The number of rotatable bonds is 4. The average Bonchev–Trinajstić information content (AvgIpc) is 3.32. The molecule has 1 aliphatic carbocycles. The van der Waals surface area contributed by atoms with Gasteiger partial charge < -0.3 is 5.32 Å². The third-order valence-electron chi connectivity index (χ3n) is 5.70. The number of fused-ring (bicyclic) bond motifs is 2. The van der Waals surface area contributed by atoms with Crippen molar-refractivity contribution in [3.8, 4) is 11.1 Å². The van der Waals surface area contributed by atoms with Crippen molar-refractivity contribution < 1.29 is 4.39 Å². The highest BCUT2D eigenvalue weighted by Gasteiger charge is 2.23. The monoisotopic (exact) mass is 390 g/mol. The van der Waals surface area contributed by atoms with Crippen molar-refractivity contribution in [1.29, 1.82) is 0 Å². The van der Waals surface area contributed by atoms with Crippen LogP contribution in [-0.4, -0.2) is 30.4 Å². The van der Waals surface area contributed by atoms with Crippen molar-refractivity contribution in [2.24, 2.45) is 0 Å². The molecule has 0 amide bonds. The smallest absolute Gasteiger partial charge is 0.243 e. The molecule has 0 fully saturated rings. The lowest BCUT2D eigenvalue weighted by Gasteiger charge is -2.23. The van der Waals surface area contributed by atoms with Gasteiger partial charge in [0.1, 0.15) is 5.82 Å². The van der Waals surface area contributed by atoms with E-state index in [4.69, 9.17) is 4.98 Å². The minimum Gasteiger partial charge on any atom is -0.350 e. The highest BCUT2D eigenvalue weighted by molar-refractivity contribution is 5.78. The summed E-state index contributed by atoms with van der Waals surface area (Å²) in [6, 6.07) is 9.34. The number of hydrogen-bond donors (Lipinski definition) is 1. The highest BCUT2D eigenvalue weighted by Crippen LogP contribution is 2.27. The van der Waals surface area contributed by atoms with Gasteiger partial charge >= 0.3 is 0 Å². The summed E-state index contributed by atoms with van der Waals surface area (Å²) in [6.07, 6.45) is 6.83. The van der Waals surface area contributed by atoms with Gasteiger partial charge in [-0.15, -0.1) is 5.10 Å². The van der Waals surface area contributed by atoms with Crippen LogP contribution in [0.4, 0.5) is 10.3 Å². The van der Waals surface area contributed by atoms with Gasteiger partial charge in [0.15, 0.2) is 5.65 Å². The van der Waals surface area contributed by atoms with E-state index in [9.17, 15) is 4.39 Å². The van der Waals surface area contributed by atoms with Crippen LogP contribution < -0.4 is 5.32 Å². The van der Waals surface area contributed by atoms with E-state index in [1.54, 1.807) is 17.5 Å². The number of halogens is 1. The molecule has 3 aromatic heterocycles. The maximum Gasteiger partial charge on any atom is 0.243 e. The molecule has 0 spiro atoms. The largest absolute Gasteiger partial charge is 0.350 e. The Balaban J connectivity index is 1.43. The third kappa shape index (κ3) is 3.16. The maximum absolute atomic E-state index is 13.7. The average molecular weight is 390 g/mol. The van der Waals surface area contributed by atoms with E-state index >= 15 is 0 Å². The van der Waals surface area contributed by atoms with E-state index in [1.807, 2.05) is 30.6 Å². The fourth-order valence-electron chi connectivity index (χ4n) is 4.17. The Kier molecular flexibility index (Phi) is 4.30. The molecule has 7 heteroatoms. The maximum atomic E-state index is 13.7. The third-order valence-corrected chi connectivity index (χ3v) is 5.70. The van der Waals surface area contributed by atoms with Crippen LogP contribution in [0.25, 0.3) is 16.8 Å². The molecule has 3 heterocycles. The van der Waals surface area contributed by atoms with Crippen molar-refractivity contribution >= 4 is 11.6 Å². The molecule has 1 aliphatic rings.